The minimum absolute atomic E-state index is 0.226. The second-order valence-corrected chi connectivity index (χ2v) is 6.20. The van der Waals surface area contributed by atoms with Crippen LogP contribution in [0, 0.1) is 11.3 Å². The maximum absolute atomic E-state index is 9.49. The molecule has 3 rings (SSSR count). The zero-order valence-corrected chi connectivity index (χ0v) is 14.4. The van der Waals surface area contributed by atoms with Crippen LogP contribution < -0.4 is 14.4 Å². The van der Waals surface area contributed by atoms with Crippen molar-refractivity contribution in [2.24, 2.45) is 0 Å². The highest BCUT2D eigenvalue weighted by Crippen LogP contribution is 2.35. The highest BCUT2D eigenvalue weighted by molar-refractivity contribution is 9.10. The Morgan fingerprint density at radius 3 is 2.65 bits per heavy atom. The Kier molecular flexibility index (Phi) is 4.26. The zero-order chi connectivity index (χ0) is 16.4. The van der Waals surface area contributed by atoms with Crippen molar-refractivity contribution in [3.05, 3.63) is 52.0 Å². The molecule has 0 saturated carbocycles. The van der Waals surface area contributed by atoms with Crippen molar-refractivity contribution in [1.29, 1.82) is 5.26 Å². The summed E-state index contributed by atoms with van der Waals surface area (Å²) < 4.78 is 11.7. The van der Waals surface area contributed by atoms with E-state index >= 15 is 0 Å². The number of fused-ring (bicyclic) bond motifs is 1. The summed E-state index contributed by atoms with van der Waals surface area (Å²) in [7, 11) is 3.98. The highest BCUT2D eigenvalue weighted by atomic mass is 79.9. The van der Waals surface area contributed by atoms with Crippen LogP contribution in [0.15, 0.2) is 40.9 Å². The van der Waals surface area contributed by atoms with Gasteiger partial charge in [-0.15, -0.1) is 0 Å². The molecule has 1 heterocycles. The van der Waals surface area contributed by atoms with E-state index in [2.05, 4.69) is 22.0 Å². The SMILES string of the molecule is CN(C)c1ccc(/C=C(/C#N)c2ccc3c(c2)OCO3)cc1Br. The average Bonchev–Trinajstić information content (AvgIpc) is 2.99. The predicted molar refractivity (Wildman–Crippen MR) is 94.5 cm³/mol. The lowest BCUT2D eigenvalue weighted by Gasteiger charge is -2.14. The molecule has 5 heteroatoms. The topological polar surface area (TPSA) is 45.5 Å². The van der Waals surface area contributed by atoms with Crippen LogP contribution in [0.1, 0.15) is 11.1 Å². The molecule has 116 valence electrons. The van der Waals surface area contributed by atoms with Gasteiger partial charge in [-0.3, -0.25) is 0 Å². The monoisotopic (exact) mass is 370 g/mol. The van der Waals surface area contributed by atoms with Crippen LogP contribution >= 0.6 is 15.9 Å². The summed E-state index contributed by atoms with van der Waals surface area (Å²) in [4.78, 5) is 2.03. The van der Waals surface area contributed by atoms with Gasteiger partial charge in [-0.25, -0.2) is 0 Å². The molecule has 0 bridgehead atoms. The average molecular weight is 371 g/mol. The number of allylic oxidation sites excluding steroid dienone is 1. The molecule has 0 amide bonds. The summed E-state index contributed by atoms with van der Waals surface area (Å²) in [5.74, 6) is 1.39. The van der Waals surface area contributed by atoms with Crippen molar-refractivity contribution in [2.45, 2.75) is 0 Å². The number of hydrogen-bond acceptors (Lipinski definition) is 4. The molecule has 0 radical (unpaired) electrons. The smallest absolute Gasteiger partial charge is 0.231 e. The van der Waals surface area contributed by atoms with Crippen LogP contribution in [0.25, 0.3) is 11.6 Å². The van der Waals surface area contributed by atoms with Gasteiger partial charge in [0.25, 0.3) is 0 Å². The van der Waals surface area contributed by atoms with Gasteiger partial charge in [-0.1, -0.05) is 6.07 Å². The van der Waals surface area contributed by atoms with E-state index in [0.29, 0.717) is 17.1 Å². The van der Waals surface area contributed by atoms with Gasteiger partial charge in [0, 0.05) is 18.6 Å². The van der Waals surface area contributed by atoms with Crippen LogP contribution in [0.4, 0.5) is 5.69 Å². The number of benzene rings is 2. The number of rotatable bonds is 3. The first-order valence-corrected chi connectivity index (χ1v) is 7.86. The van der Waals surface area contributed by atoms with E-state index in [1.54, 1.807) is 0 Å². The highest BCUT2D eigenvalue weighted by Gasteiger charge is 2.14. The minimum Gasteiger partial charge on any atom is -0.454 e. The maximum atomic E-state index is 9.49. The predicted octanol–water partition coefficient (Wildman–Crippen LogP) is 4.31. The van der Waals surface area contributed by atoms with E-state index < -0.39 is 0 Å². The Labute approximate surface area is 143 Å². The molecule has 0 N–H and O–H groups in total. The first kappa shape index (κ1) is 15.4. The van der Waals surface area contributed by atoms with Gasteiger partial charge in [0.05, 0.1) is 17.3 Å². The van der Waals surface area contributed by atoms with Crippen molar-refractivity contribution in [3.63, 3.8) is 0 Å². The first-order chi connectivity index (χ1) is 11.1. The molecule has 4 nitrogen and oxygen atoms in total. The largest absolute Gasteiger partial charge is 0.454 e. The fraction of sp³-hybridized carbons (Fsp3) is 0.167. The molecule has 0 saturated heterocycles. The van der Waals surface area contributed by atoms with Gasteiger partial charge in [-0.05, 0) is 63.5 Å². The first-order valence-electron chi connectivity index (χ1n) is 7.07. The third kappa shape index (κ3) is 3.17. The molecule has 1 aliphatic heterocycles. The van der Waals surface area contributed by atoms with Crippen molar-refractivity contribution < 1.29 is 9.47 Å². The second kappa shape index (κ2) is 6.35. The van der Waals surface area contributed by atoms with Crippen molar-refractivity contribution in [3.8, 4) is 17.6 Å². The lowest BCUT2D eigenvalue weighted by molar-refractivity contribution is 0.174. The van der Waals surface area contributed by atoms with Crippen molar-refractivity contribution in [1.82, 2.24) is 0 Å². The molecule has 0 atom stereocenters. The van der Waals surface area contributed by atoms with Crippen molar-refractivity contribution >= 4 is 33.3 Å². The fourth-order valence-electron chi connectivity index (χ4n) is 2.39. The number of nitrogens with zero attached hydrogens (tertiary/aromatic N) is 2. The summed E-state index contributed by atoms with van der Waals surface area (Å²) in [6, 6.07) is 13.8. The van der Waals surface area contributed by atoms with Crippen molar-refractivity contribution in [2.75, 3.05) is 25.8 Å². The van der Waals surface area contributed by atoms with Gasteiger partial charge in [0.15, 0.2) is 11.5 Å². The standard InChI is InChI=1S/C18H15BrN2O2/c1-21(2)16-5-3-12(8-15(16)19)7-14(10-20)13-4-6-17-18(9-13)23-11-22-17/h3-9H,11H2,1-2H3/b14-7-. The Hall–Kier alpha value is -2.45. The van der Waals surface area contributed by atoms with Crippen LogP contribution in [0.3, 0.4) is 0 Å². The van der Waals surface area contributed by atoms with Crippen LogP contribution in [-0.4, -0.2) is 20.9 Å². The summed E-state index contributed by atoms with van der Waals surface area (Å²) in [5.41, 5.74) is 3.43. The Bertz CT molecular complexity index is 822. The summed E-state index contributed by atoms with van der Waals surface area (Å²) in [5, 5.41) is 9.49. The van der Waals surface area contributed by atoms with E-state index in [-0.39, 0.29) is 6.79 Å². The summed E-state index contributed by atoms with van der Waals surface area (Å²) in [6.45, 7) is 0.226. The van der Waals surface area contributed by atoms with Crippen LogP contribution in [-0.2, 0) is 0 Å². The number of ether oxygens (including phenoxy) is 2. The van der Waals surface area contributed by atoms with E-state index in [9.17, 15) is 5.26 Å². The summed E-state index contributed by atoms with van der Waals surface area (Å²) in [6.07, 6.45) is 1.86. The Balaban J connectivity index is 1.96. The summed E-state index contributed by atoms with van der Waals surface area (Å²) >= 11 is 3.57. The number of halogens is 1. The zero-order valence-electron chi connectivity index (χ0n) is 12.8. The molecule has 0 fully saturated rings. The molecule has 2 aromatic rings. The molecule has 0 aromatic heterocycles. The quantitative estimate of drug-likeness (QED) is 0.596. The molecular weight excluding hydrogens is 356 g/mol. The molecule has 0 spiro atoms. The van der Waals surface area contributed by atoms with E-state index in [0.717, 1.165) is 21.3 Å². The van der Waals surface area contributed by atoms with E-state index in [4.69, 9.17) is 9.47 Å². The molecule has 2 aromatic carbocycles. The minimum atomic E-state index is 0.226. The van der Waals surface area contributed by atoms with Gasteiger partial charge in [0.1, 0.15) is 0 Å². The molecule has 0 unspecified atom stereocenters. The molecule has 23 heavy (non-hydrogen) atoms. The number of nitriles is 1. The van der Waals surface area contributed by atoms with Gasteiger partial charge in [0.2, 0.25) is 6.79 Å². The van der Waals surface area contributed by atoms with Gasteiger partial charge < -0.3 is 14.4 Å². The third-order valence-corrected chi connectivity index (χ3v) is 4.20. The lowest BCUT2D eigenvalue weighted by Crippen LogP contribution is -2.09. The van der Waals surface area contributed by atoms with Crippen LogP contribution in [0.2, 0.25) is 0 Å². The third-order valence-electron chi connectivity index (χ3n) is 3.57. The lowest BCUT2D eigenvalue weighted by atomic mass is 10.0. The van der Waals surface area contributed by atoms with Gasteiger partial charge in [-0.2, -0.15) is 5.26 Å². The van der Waals surface area contributed by atoms with Gasteiger partial charge >= 0.3 is 0 Å². The Morgan fingerprint density at radius 1 is 1.17 bits per heavy atom. The second-order valence-electron chi connectivity index (χ2n) is 5.34. The molecule has 0 aliphatic carbocycles. The van der Waals surface area contributed by atoms with E-state index in [1.807, 2.05) is 61.5 Å². The number of hydrogen-bond donors (Lipinski definition) is 0. The molecular formula is C18H15BrN2O2. The molecule has 1 aliphatic rings. The normalized spacial score (nSPS) is 12.9. The van der Waals surface area contributed by atoms with Crippen LogP contribution in [0.5, 0.6) is 11.5 Å². The van der Waals surface area contributed by atoms with E-state index in [1.165, 1.54) is 0 Å². The number of anilines is 1. The fourth-order valence-corrected chi connectivity index (χ4v) is 3.14. The maximum Gasteiger partial charge on any atom is 0.231 e. The Morgan fingerprint density at radius 2 is 1.96 bits per heavy atom.